The Morgan fingerprint density at radius 3 is 2.45 bits per heavy atom. The first kappa shape index (κ1) is 13.3. The Kier molecular flexibility index (Phi) is 3.60. The second-order valence-electron chi connectivity index (χ2n) is 5.77. The smallest absolute Gasteiger partial charge is 0.0347 e. The fraction of sp³-hybridized carbons (Fsp3) is 0.333. The molecule has 20 heavy (non-hydrogen) atoms. The van der Waals surface area contributed by atoms with Gasteiger partial charge in [-0.1, -0.05) is 48.5 Å². The molecular formula is C18H22N2. The summed E-state index contributed by atoms with van der Waals surface area (Å²) in [6.07, 6.45) is 0.982. The molecule has 1 aliphatic rings. The fourth-order valence-electron chi connectivity index (χ4n) is 3.30. The molecule has 1 aliphatic carbocycles. The zero-order chi connectivity index (χ0) is 14.1. The van der Waals surface area contributed by atoms with E-state index in [2.05, 4.69) is 67.7 Å². The first-order valence-corrected chi connectivity index (χ1v) is 7.33. The number of rotatable bonds is 3. The quantitative estimate of drug-likeness (QED) is 0.887. The van der Waals surface area contributed by atoms with Gasteiger partial charge in [0.1, 0.15) is 0 Å². The Bertz CT molecular complexity index is 606. The van der Waals surface area contributed by atoms with Gasteiger partial charge in [-0.05, 0) is 42.5 Å². The summed E-state index contributed by atoms with van der Waals surface area (Å²) in [6.45, 7) is 4.40. The van der Waals surface area contributed by atoms with E-state index in [0.29, 0.717) is 12.1 Å². The molecule has 0 heterocycles. The van der Waals surface area contributed by atoms with Gasteiger partial charge in [0.15, 0.2) is 0 Å². The third kappa shape index (κ3) is 2.37. The first-order valence-electron chi connectivity index (χ1n) is 7.33. The molecule has 0 saturated carbocycles. The van der Waals surface area contributed by atoms with Crippen LogP contribution in [0.15, 0.2) is 48.5 Å². The molecule has 0 saturated heterocycles. The minimum Gasteiger partial charge on any atom is -0.324 e. The Morgan fingerprint density at radius 1 is 1.05 bits per heavy atom. The zero-order valence-electron chi connectivity index (χ0n) is 12.1. The van der Waals surface area contributed by atoms with Crippen molar-refractivity contribution in [3.8, 4) is 0 Å². The fourth-order valence-corrected chi connectivity index (χ4v) is 3.30. The maximum Gasteiger partial charge on any atom is 0.0347 e. The van der Waals surface area contributed by atoms with Crippen molar-refractivity contribution in [2.75, 3.05) is 0 Å². The van der Waals surface area contributed by atoms with Gasteiger partial charge >= 0.3 is 0 Å². The van der Waals surface area contributed by atoms with E-state index in [9.17, 15) is 0 Å². The summed E-state index contributed by atoms with van der Waals surface area (Å²) in [5.74, 6) is 0. The largest absolute Gasteiger partial charge is 0.324 e. The van der Waals surface area contributed by atoms with Crippen LogP contribution in [-0.4, -0.2) is 0 Å². The van der Waals surface area contributed by atoms with E-state index in [1.54, 1.807) is 0 Å². The van der Waals surface area contributed by atoms with Crippen molar-refractivity contribution in [2.45, 2.75) is 38.4 Å². The number of hydrogen-bond donors (Lipinski definition) is 2. The number of aryl methyl sites for hydroxylation is 1. The molecule has 0 bridgehead atoms. The summed E-state index contributed by atoms with van der Waals surface area (Å²) in [5.41, 5.74) is 11.6. The molecule has 0 spiro atoms. The van der Waals surface area contributed by atoms with Gasteiger partial charge in [0.25, 0.3) is 0 Å². The molecule has 0 aromatic heterocycles. The van der Waals surface area contributed by atoms with Gasteiger partial charge in [0.2, 0.25) is 0 Å². The number of nitrogens with one attached hydrogen (secondary N) is 1. The molecule has 2 aromatic carbocycles. The molecule has 2 heteroatoms. The van der Waals surface area contributed by atoms with Crippen molar-refractivity contribution in [3.63, 3.8) is 0 Å². The predicted octanol–water partition coefficient (Wildman–Crippen LogP) is 3.79. The van der Waals surface area contributed by atoms with Crippen LogP contribution in [0.25, 0.3) is 0 Å². The minimum atomic E-state index is 0.160. The van der Waals surface area contributed by atoms with Crippen molar-refractivity contribution in [1.82, 2.24) is 5.32 Å². The molecule has 0 aliphatic heterocycles. The van der Waals surface area contributed by atoms with Crippen molar-refractivity contribution in [2.24, 2.45) is 5.73 Å². The summed E-state index contributed by atoms with van der Waals surface area (Å²) in [6, 6.07) is 17.9. The number of nitrogens with two attached hydrogens (primary N) is 1. The van der Waals surface area contributed by atoms with Crippen LogP contribution in [0.5, 0.6) is 0 Å². The van der Waals surface area contributed by atoms with Gasteiger partial charge in [0, 0.05) is 18.1 Å². The third-order valence-corrected chi connectivity index (χ3v) is 4.37. The van der Waals surface area contributed by atoms with Crippen LogP contribution in [0.4, 0.5) is 0 Å². The summed E-state index contributed by atoms with van der Waals surface area (Å²) in [7, 11) is 0. The van der Waals surface area contributed by atoms with Gasteiger partial charge in [-0.2, -0.15) is 0 Å². The van der Waals surface area contributed by atoms with Crippen LogP contribution in [0.1, 0.15) is 53.7 Å². The van der Waals surface area contributed by atoms with Crippen molar-refractivity contribution < 1.29 is 0 Å². The van der Waals surface area contributed by atoms with Crippen molar-refractivity contribution >= 4 is 0 Å². The van der Waals surface area contributed by atoms with Crippen molar-refractivity contribution in [3.05, 3.63) is 70.8 Å². The minimum absolute atomic E-state index is 0.160. The highest BCUT2D eigenvalue weighted by atomic mass is 15.0. The molecule has 2 aromatic rings. The van der Waals surface area contributed by atoms with E-state index in [1.807, 2.05) is 0 Å². The molecule has 3 atom stereocenters. The molecular weight excluding hydrogens is 244 g/mol. The summed E-state index contributed by atoms with van der Waals surface area (Å²) in [4.78, 5) is 0. The maximum atomic E-state index is 6.24. The Labute approximate surface area is 121 Å². The number of fused-ring (bicyclic) bond motifs is 1. The molecule has 0 radical (unpaired) electrons. The van der Waals surface area contributed by atoms with Crippen LogP contribution >= 0.6 is 0 Å². The maximum absolute atomic E-state index is 6.24. The average Bonchev–Trinajstić information content (AvgIpc) is 2.76. The standard InChI is InChI=1S/C18H22N2/c1-12-7-3-4-8-14(12)13(2)20-18-11-17(19)15-9-5-6-10-16(15)18/h3-10,13,17-18,20H,11,19H2,1-2H3/t13-,17?,18?/m1/s1. The second-order valence-corrected chi connectivity index (χ2v) is 5.77. The lowest BCUT2D eigenvalue weighted by molar-refractivity contribution is 0.445. The summed E-state index contributed by atoms with van der Waals surface area (Å²) < 4.78 is 0. The normalized spacial score (nSPS) is 22.6. The van der Waals surface area contributed by atoms with Gasteiger partial charge in [-0.3, -0.25) is 0 Å². The Balaban J connectivity index is 1.81. The number of benzene rings is 2. The highest BCUT2D eigenvalue weighted by Crippen LogP contribution is 2.38. The Hall–Kier alpha value is -1.64. The molecule has 104 valence electrons. The molecule has 0 fully saturated rings. The van der Waals surface area contributed by atoms with Crippen LogP contribution < -0.4 is 11.1 Å². The summed E-state index contributed by atoms with van der Waals surface area (Å²) in [5, 5.41) is 3.74. The van der Waals surface area contributed by atoms with E-state index in [1.165, 1.54) is 22.3 Å². The molecule has 3 rings (SSSR count). The topological polar surface area (TPSA) is 38.0 Å². The van der Waals surface area contributed by atoms with E-state index in [-0.39, 0.29) is 6.04 Å². The third-order valence-electron chi connectivity index (χ3n) is 4.37. The number of hydrogen-bond acceptors (Lipinski definition) is 2. The van der Waals surface area contributed by atoms with Gasteiger partial charge in [-0.25, -0.2) is 0 Å². The van der Waals surface area contributed by atoms with Crippen LogP contribution in [0, 0.1) is 6.92 Å². The average molecular weight is 266 g/mol. The molecule has 0 amide bonds. The highest BCUT2D eigenvalue weighted by molar-refractivity contribution is 5.38. The van der Waals surface area contributed by atoms with Crippen LogP contribution in [-0.2, 0) is 0 Å². The SMILES string of the molecule is Cc1ccccc1[C@@H](C)NC1CC(N)c2ccccc21. The van der Waals surface area contributed by atoms with Crippen molar-refractivity contribution in [1.29, 1.82) is 0 Å². The predicted molar refractivity (Wildman–Crippen MR) is 83.5 cm³/mol. The van der Waals surface area contributed by atoms with Gasteiger partial charge < -0.3 is 11.1 Å². The Morgan fingerprint density at radius 2 is 1.70 bits per heavy atom. The molecule has 3 N–H and O–H groups in total. The van der Waals surface area contributed by atoms with Gasteiger partial charge in [0.05, 0.1) is 0 Å². The van der Waals surface area contributed by atoms with Crippen LogP contribution in [0.2, 0.25) is 0 Å². The highest BCUT2D eigenvalue weighted by Gasteiger charge is 2.29. The van der Waals surface area contributed by atoms with E-state index in [0.717, 1.165) is 6.42 Å². The van der Waals surface area contributed by atoms with Crippen LogP contribution in [0.3, 0.4) is 0 Å². The van der Waals surface area contributed by atoms with E-state index >= 15 is 0 Å². The van der Waals surface area contributed by atoms with E-state index in [4.69, 9.17) is 5.73 Å². The zero-order valence-corrected chi connectivity index (χ0v) is 12.1. The van der Waals surface area contributed by atoms with E-state index < -0.39 is 0 Å². The second kappa shape index (κ2) is 5.39. The monoisotopic (exact) mass is 266 g/mol. The lowest BCUT2D eigenvalue weighted by Crippen LogP contribution is -2.24. The first-order chi connectivity index (χ1) is 9.66. The summed E-state index contributed by atoms with van der Waals surface area (Å²) >= 11 is 0. The molecule has 2 nitrogen and oxygen atoms in total. The molecule has 2 unspecified atom stereocenters. The van der Waals surface area contributed by atoms with Gasteiger partial charge in [-0.15, -0.1) is 0 Å². The lowest BCUT2D eigenvalue weighted by atomic mass is 10.0. The lowest BCUT2D eigenvalue weighted by Gasteiger charge is -2.22.